The molecule has 104 valence electrons. The minimum atomic E-state index is 0.577. The average molecular weight is 334 g/mol. The highest BCUT2D eigenvalue weighted by molar-refractivity contribution is 7.16. The van der Waals surface area contributed by atoms with Crippen molar-refractivity contribution in [2.75, 3.05) is 11.1 Å². The summed E-state index contributed by atoms with van der Waals surface area (Å²) < 4.78 is 9.56. The van der Waals surface area contributed by atoms with E-state index < -0.39 is 0 Å². The molecule has 21 heavy (non-hydrogen) atoms. The summed E-state index contributed by atoms with van der Waals surface area (Å²) in [5.74, 6) is 0. The number of hydrogen-bond donors (Lipinski definition) is 2. The van der Waals surface area contributed by atoms with E-state index in [4.69, 9.17) is 17.3 Å². The summed E-state index contributed by atoms with van der Waals surface area (Å²) in [7, 11) is 0. The van der Waals surface area contributed by atoms with Crippen LogP contribution in [0.25, 0.3) is 21.3 Å². The van der Waals surface area contributed by atoms with Crippen LogP contribution in [0.15, 0.2) is 29.8 Å². The molecule has 8 heteroatoms. The second-order valence-corrected chi connectivity index (χ2v) is 6.23. The van der Waals surface area contributed by atoms with Crippen molar-refractivity contribution in [2.24, 2.45) is 0 Å². The van der Waals surface area contributed by atoms with Crippen LogP contribution in [-0.4, -0.2) is 13.7 Å². The first kappa shape index (κ1) is 12.8. The maximum absolute atomic E-state index is 6.28. The van der Waals surface area contributed by atoms with Gasteiger partial charge in [0.1, 0.15) is 16.6 Å². The molecule has 0 saturated heterocycles. The quantitative estimate of drug-likeness (QED) is 0.535. The third-order valence-electron chi connectivity index (χ3n) is 3.18. The lowest BCUT2D eigenvalue weighted by Gasteiger charge is -2.11. The number of aromatic nitrogens is 3. The molecule has 2 aromatic carbocycles. The SMILES string of the molecule is Nc1c(Nc2c(Cl)ccc3nsnc23)ccc2scnc12. The Balaban J connectivity index is 1.88. The van der Waals surface area contributed by atoms with E-state index in [1.807, 2.05) is 18.2 Å². The predicted molar refractivity (Wildman–Crippen MR) is 89.7 cm³/mol. The molecule has 2 aromatic heterocycles. The largest absolute Gasteiger partial charge is 0.395 e. The zero-order chi connectivity index (χ0) is 14.4. The molecule has 3 N–H and O–H groups in total. The number of benzene rings is 2. The fourth-order valence-electron chi connectivity index (χ4n) is 2.14. The summed E-state index contributed by atoms with van der Waals surface area (Å²) in [5.41, 5.74) is 12.4. The van der Waals surface area contributed by atoms with Crippen molar-refractivity contribution in [2.45, 2.75) is 0 Å². The molecule has 0 aliphatic rings. The van der Waals surface area contributed by atoms with Gasteiger partial charge in [-0.25, -0.2) is 4.98 Å². The minimum Gasteiger partial charge on any atom is -0.395 e. The number of anilines is 3. The second-order valence-electron chi connectivity index (χ2n) is 4.41. The lowest BCUT2D eigenvalue weighted by Crippen LogP contribution is -1.98. The van der Waals surface area contributed by atoms with Crippen LogP contribution in [0.5, 0.6) is 0 Å². The minimum absolute atomic E-state index is 0.577. The smallest absolute Gasteiger partial charge is 0.129 e. The lowest BCUT2D eigenvalue weighted by atomic mass is 10.2. The number of hydrogen-bond acceptors (Lipinski definition) is 7. The van der Waals surface area contributed by atoms with Gasteiger partial charge >= 0.3 is 0 Å². The van der Waals surface area contributed by atoms with Gasteiger partial charge in [-0.3, -0.25) is 0 Å². The van der Waals surface area contributed by atoms with Gasteiger partial charge in [0.2, 0.25) is 0 Å². The first-order chi connectivity index (χ1) is 10.2. The molecule has 0 saturated carbocycles. The molecular weight excluding hydrogens is 326 g/mol. The first-order valence-corrected chi connectivity index (χ1v) is 8.02. The van der Waals surface area contributed by atoms with Gasteiger partial charge in [-0.05, 0) is 24.3 Å². The van der Waals surface area contributed by atoms with Crippen LogP contribution in [0.4, 0.5) is 17.1 Å². The second kappa shape index (κ2) is 4.80. The topological polar surface area (TPSA) is 76.7 Å². The predicted octanol–water partition coefficient (Wildman–Crippen LogP) is 4.28. The third-order valence-corrected chi connectivity index (χ3v) is 4.83. The summed E-state index contributed by atoms with van der Waals surface area (Å²) in [5, 5.41) is 3.84. The lowest BCUT2D eigenvalue weighted by molar-refractivity contribution is 1.49. The molecule has 0 spiro atoms. The van der Waals surface area contributed by atoms with E-state index in [2.05, 4.69) is 19.0 Å². The zero-order valence-electron chi connectivity index (χ0n) is 10.5. The van der Waals surface area contributed by atoms with E-state index in [0.717, 1.165) is 38.7 Å². The van der Waals surface area contributed by atoms with Crippen molar-refractivity contribution in [1.29, 1.82) is 0 Å². The zero-order valence-corrected chi connectivity index (χ0v) is 12.9. The van der Waals surface area contributed by atoms with Crippen molar-refractivity contribution >= 4 is 73.0 Å². The van der Waals surface area contributed by atoms with E-state index in [1.165, 1.54) is 0 Å². The monoisotopic (exact) mass is 333 g/mol. The van der Waals surface area contributed by atoms with Crippen LogP contribution in [0, 0.1) is 0 Å². The van der Waals surface area contributed by atoms with Crippen LogP contribution < -0.4 is 11.1 Å². The number of nitrogens with two attached hydrogens (primary N) is 1. The van der Waals surface area contributed by atoms with Crippen LogP contribution >= 0.6 is 34.7 Å². The maximum Gasteiger partial charge on any atom is 0.129 e. The molecule has 0 aliphatic carbocycles. The number of fused-ring (bicyclic) bond motifs is 2. The van der Waals surface area contributed by atoms with Crippen LogP contribution in [0.2, 0.25) is 5.02 Å². The number of halogens is 1. The van der Waals surface area contributed by atoms with E-state index in [9.17, 15) is 0 Å². The highest BCUT2D eigenvalue weighted by atomic mass is 35.5. The Labute approximate surface area is 132 Å². The Bertz CT molecular complexity index is 962. The van der Waals surface area contributed by atoms with Gasteiger partial charge in [-0.15, -0.1) is 11.3 Å². The van der Waals surface area contributed by atoms with E-state index >= 15 is 0 Å². The number of nitrogens with zero attached hydrogens (tertiary/aromatic N) is 3. The van der Waals surface area contributed by atoms with Gasteiger partial charge in [0.25, 0.3) is 0 Å². The van der Waals surface area contributed by atoms with Gasteiger partial charge in [0, 0.05) is 0 Å². The number of nitrogens with one attached hydrogen (secondary N) is 1. The Morgan fingerprint density at radius 1 is 1.10 bits per heavy atom. The molecule has 0 fully saturated rings. The molecule has 4 aromatic rings. The molecule has 2 heterocycles. The van der Waals surface area contributed by atoms with Crippen molar-refractivity contribution in [3.8, 4) is 0 Å². The number of nitrogen functional groups attached to an aromatic ring is 1. The summed E-state index contributed by atoms with van der Waals surface area (Å²) in [6.45, 7) is 0. The molecule has 0 radical (unpaired) electrons. The molecule has 4 rings (SSSR count). The highest BCUT2D eigenvalue weighted by Crippen LogP contribution is 2.36. The van der Waals surface area contributed by atoms with Gasteiger partial charge < -0.3 is 11.1 Å². The standard InChI is InChI=1S/C13H8ClN5S2/c14-6-1-2-8-12(19-21-18-8)11(6)17-7-3-4-9-13(10(7)15)16-5-20-9/h1-5,17H,15H2. The Kier molecular flexibility index (Phi) is 2.91. The van der Waals surface area contributed by atoms with Crippen molar-refractivity contribution in [3.63, 3.8) is 0 Å². The molecular formula is C13H8ClN5S2. The van der Waals surface area contributed by atoms with Gasteiger partial charge in [-0.2, -0.15) is 8.75 Å². The Hall–Kier alpha value is -1.96. The highest BCUT2D eigenvalue weighted by Gasteiger charge is 2.13. The van der Waals surface area contributed by atoms with Gasteiger partial charge in [0.15, 0.2) is 0 Å². The van der Waals surface area contributed by atoms with Crippen LogP contribution in [0.1, 0.15) is 0 Å². The molecule has 0 unspecified atom stereocenters. The number of rotatable bonds is 2. The molecule has 5 nitrogen and oxygen atoms in total. The fourth-order valence-corrected chi connectivity index (χ4v) is 3.58. The molecule has 0 bridgehead atoms. The first-order valence-electron chi connectivity index (χ1n) is 6.03. The maximum atomic E-state index is 6.28. The Morgan fingerprint density at radius 2 is 2.00 bits per heavy atom. The third kappa shape index (κ3) is 2.01. The normalized spacial score (nSPS) is 11.3. The number of thiazole rings is 1. The fraction of sp³-hybridized carbons (Fsp3) is 0. The van der Waals surface area contributed by atoms with Crippen molar-refractivity contribution in [1.82, 2.24) is 13.7 Å². The summed E-state index contributed by atoms with van der Waals surface area (Å²) in [6.07, 6.45) is 0. The van der Waals surface area contributed by atoms with E-state index in [1.54, 1.807) is 22.9 Å². The average Bonchev–Trinajstić information content (AvgIpc) is 3.13. The van der Waals surface area contributed by atoms with Crippen molar-refractivity contribution in [3.05, 3.63) is 34.8 Å². The van der Waals surface area contributed by atoms with Crippen LogP contribution in [-0.2, 0) is 0 Å². The van der Waals surface area contributed by atoms with Gasteiger partial charge in [0.05, 0.1) is 44.0 Å². The summed E-state index contributed by atoms with van der Waals surface area (Å²) in [6, 6.07) is 7.55. The molecule has 0 amide bonds. The molecule has 0 aliphatic heterocycles. The summed E-state index contributed by atoms with van der Waals surface area (Å²) >= 11 is 8.99. The van der Waals surface area contributed by atoms with E-state index in [0.29, 0.717) is 16.4 Å². The van der Waals surface area contributed by atoms with E-state index in [-0.39, 0.29) is 0 Å². The van der Waals surface area contributed by atoms with Crippen LogP contribution in [0.3, 0.4) is 0 Å². The Morgan fingerprint density at radius 3 is 2.90 bits per heavy atom. The van der Waals surface area contributed by atoms with Gasteiger partial charge in [-0.1, -0.05) is 11.6 Å². The van der Waals surface area contributed by atoms with Crippen molar-refractivity contribution < 1.29 is 0 Å². The summed E-state index contributed by atoms with van der Waals surface area (Å²) in [4.78, 5) is 4.29. The molecule has 0 atom stereocenters.